The number of ether oxygens (including phenoxy) is 1. The summed E-state index contributed by atoms with van der Waals surface area (Å²) in [6.07, 6.45) is 7.31. The van der Waals surface area contributed by atoms with Crippen molar-refractivity contribution < 1.29 is 14.7 Å². The van der Waals surface area contributed by atoms with Gasteiger partial charge >= 0.3 is 0 Å². The average Bonchev–Trinajstić information content (AvgIpc) is 2.20. The van der Waals surface area contributed by atoms with E-state index in [1.165, 1.54) is 32.1 Å². The minimum atomic E-state index is -0.798. The molecule has 0 saturated heterocycles. The molecule has 0 aromatic carbocycles. The van der Waals surface area contributed by atoms with Crippen molar-refractivity contribution in [2.75, 3.05) is 19.8 Å². The lowest BCUT2D eigenvalue weighted by molar-refractivity contribution is -0.758. The number of unbranched alkanes of at least 4 members (excludes halogenated alkanes) is 5. The maximum absolute atomic E-state index is 9.76. The van der Waals surface area contributed by atoms with Crippen molar-refractivity contribution in [3.8, 4) is 0 Å². The van der Waals surface area contributed by atoms with Gasteiger partial charge in [-0.25, -0.2) is 0 Å². The van der Waals surface area contributed by atoms with Crippen LogP contribution in [0.1, 0.15) is 45.4 Å². The third-order valence-electron chi connectivity index (χ3n) is 2.07. The van der Waals surface area contributed by atoms with E-state index in [4.69, 9.17) is 4.74 Å². The molecule has 0 aliphatic rings. The summed E-state index contributed by atoms with van der Waals surface area (Å²) < 4.78 is 5.16. The van der Waals surface area contributed by atoms with E-state index in [-0.39, 0.29) is 6.61 Å². The second kappa shape index (κ2) is 11.2. The highest BCUT2D eigenvalue weighted by Crippen LogP contribution is 2.04. The van der Waals surface area contributed by atoms with Gasteiger partial charge in [0.15, 0.2) is 0 Å². The lowest BCUT2D eigenvalue weighted by Gasteiger charge is -2.03. The molecule has 5 heteroatoms. The summed E-state index contributed by atoms with van der Waals surface area (Å²) in [7, 11) is 0. The van der Waals surface area contributed by atoms with E-state index >= 15 is 0 Å². The van der Waals surface area contributed by atoms with E-state index in [1.54, 1.807) is 0 Å². The van der Waals surface area contributed by atoms with Crippen LogP contribution < -0.4 is 0 Å². The predicted octanol–water partition coefficient (Wildman–Crippen LogP) is 2.57. The third-order valence-corrected chi connectivity index (χ3v) is 2.07. The molecule has 0 saturated carbocycles. The molecule has 0 unspecified atom stereocenters. The van der Waals surface area contributed by atoms with Crippen LogP contribution in [0.2, 0.25) is 0 Å². The molecule has 0 aliphatic carbocycles. The molecule has 90 valence electrons. The number of rotatable bonds is 11. The average molecular weight is 219 g/mol. The molecule has 0 atom stereocenters. The van der Waals surface area contributed by atoms with Crippen molar-refractivity contribution in [2.24, 2.45) is 0 Å². The van der Waals surface area contributed by atoms with Crippen LogP contribution in [0.25, 0.3) is 0 Å². The van der Waals surface area contributed by atoms with Gasteiger partial charge in [0, 0.05) is 6.61 Å². The minimum absolute atomic E-state index is 0.0306. The van der Waals surface area contributed by atoms with E-state index in [0.717, 1.165) is 6.42 Å². The van der Waals surface area contributed by atoms with Crippen molar-refractivity contribution in [1.82, 2.24) is 0 Å². The van der Waals surface area contributed by atoms with Crippen molar-refractivity contribution in [3.05, 3.63) is 10.1 Å². The molecule has 0 heterocycles. The van der Waals surface area contributed by atoms with Gasteiger partial charge in [0.2, 0.25) is 0 Å². The highest BCUT2D eigenvalue weighted by Gasteiger charge is 1.94. The van der Waals surface area contributed by atoms with Crippen molar-refractivity contribution in [1.29, 1.82) is 0 Å². The molecular weight excluding hydrogens is 198 g/mol. The van der Waals surface area contributed by atoms with Crippen LogP contribution in [0, 0.1) is 10.1 Å². The topological polar surface area (TPSA) is 61.6 Å². The summed E-state index contributed by atoms with van der Waals surface area (Å²) in [5.41, 5.74) is 0. The van der Waals surface area contributed by atoms with Gasteiger partial charge in [0.05, 0.1) is 6.61 Å². The first-order valence-corrected chi connectivity index (χ1v) is 5.62. The Bertz CT molecular complexity index is 152. The van der Waals surface area contributed by atoms with Gasteiger partial charge in [-0.1, -0.05) is 39.0 Å². The summed E-state index contributed by atoms with van der Waals surface area (Å²) >= 11 is 0. The largest absolute Gasteiger partial charge is 0.379 e. The Balaban J connectivity index is 2.89. The Hall–Kier alpha value is -0.840. The molecule has 0 amide bonds. The van der Waals surface area contributed by atoms with Crippen LogP contribution in [-0.2, 0) is 9.57 Å². The van der Waals surface area contributed by atoms with E-state index < -0.39 is 5.09 Å². The molecule has 0 fully saturated rings. The Labute approximate surface area is 90.9 Å². The number of hydrogen-bond donors (Lipinski definition) is 0. The smallest absolute Gasteiger partial charge is 0.294 e. The first-order chi connectivity index (χ1) is 7.27. The lowest BCUT2D eigenvalue weighted by atomic mass is 10.1. The molecule has 0 spiro atoms. The summed E-state index contributed by atoms with van der Waals surface area (Å²) in [5.74, 6) is 0. The first kappa shape index (κ1) is 14.2. The molecule has 0 rings (SSSR count). The second-order valence-electron chi connectivity index (χ2n) is 3.44. The van der Waals surface area contributed by atoms with Gasteiger partial charge in [0.1, 0.15) is 6.61 Å². The van der Waals surface area contributed by atoms with Crippen LogP contribution >= 0.6 is 0 Å². The predicted molar refractivity (Wildman–Crippen MR) is 57.1 cm³/mol. The zero-order chi connectivity index (χ0) is 11.4. The van der Waals surface area contributed by atoms with E-state index in [0.29, 0.717) is 13.2 Å². The molecule has 0 aliphatic heterocycles. The maximum atomic E-state index is 9.76. The summed E-state index contributed by atoms with van der Waals surface area (Å²) in [5, 5.41) is 8.97. The van der Waals surface area contributed by atoms with E-state index in [1.807, 2.05) is 0 Å². The highest BCUT2D eigenvalue weighted by molar-refractivity contribution is 4.43. The van der Waals surface area contributed by atoms with Crippen molar-refractivity contribution in [2.45, 2.75) is 45.4 Å². The van der Waals surface area contributed by atoms with Gasteiger partial charge in [-0.3, -0.25) is 0 Å². The molecule has 15 heavy (non-hydrogen) atoms. The molecule has 0 aromatic rings. The summed E-state index contributed by atoms with van der Waals surface area (Å²) in [6, 6.07) is 0. The molecule has 0 aromatic heterocycles. The zero-order valence-electron chi connectivity index (χ0n) is 9.44. The minimum Gasteiger partial charge on any atom is -0.379 e. The van der Waals surface area contributed by atoms with Gasteiger partial charge in [-0.2, -0.15) is 0 Å². The van der Waals surface area contributed by atoms with Gasteiger partial charge in [-0.15, -0.1) is 10.1 Å². The van der Waals surface area contributed by atoms with Crippen molar-refractivity contribution in [3.63, 3.8) is 0 Å². The molecule has 0 radical (unpaired) electrons. The second-order valence-corrected chi connectivity index (χ2v) is 3.44. The first-order valence-electron chi connectivity index (χ1n) is 5.62. The third kappa shape index (κ3) is 13.2. The van der Waals surface area contributed by atoms with Crippen LogP contribution in [0.5, 0.6) is 0 Å². The van der Waals surface area contributed by atoms with Gasteiger partial charge in [0.25, 0.3) is 5.09 Å². The normalized spacial score (nSPS) is 10.2. The zero-order valence-corrected chi connectivity index (χ0v) is 9.44. The molecule has 0 N–H and O–H groups in total. The van der Waals surface area contributed by atoms with Crippen molar-refractivity contribution >= 4 is 0 Å². The SMILES string of the molecule is CCCCCCCCOCCO[N+](=O)[O-]. The quantitative estimate of drug-likeness (QED) is 0.304. The molecule has 0 bridgehead atoms. The van der Waals surface area contributed by atoms with E-state index in [9.17, 15) is 10.1 Å². The number of nitrogens with zero attached hydrogens (tertiary/aromatic N) is 1. The van der Waals surface area contributed by atoms with Crippen LogP contribution in [-0.4, -0.2) is 24.9 Å². The molecular formula is C10H21NO4. The summed E-state index contributed by atoms with van der Waals surface area (Å²) in [6.45, 7) is 3.20. The fourth-order valence-electron chi connectivity index (χ4n) is 1.26. The lowest BCUT2D eigenvalue weighted by Crippen LogP contribution is -2.09. The molecule has 5 nitrogen and oxygen atoms in total. The Morgan fingerprint density at radius 2 is 1.67 bits per heavy atom. The van der Waals surface area contributed by atoms with Crippen LogP contribution in [0.4, 0.5) is 0 Å². The number of hydrogen-bond acceptors (Lipinski definition) is 4. The maximum Gasteiger partial charge on any atom is 0.294 e. The van der Waals surface area contributed by atoms with E-state index in [2.05, 4.69) is 11.8 Å². The van der Waals surface area contributed by atoms with Crippen LogP contribution in [0.3, 0.4) is 0 Å². The highest BCUT2D eigenvalue weighted by atomic mass is 17.0. The standard InChI is InChI=1S/C10H21NO4/c1-2-3-4-5-6-7-8-14-9-10-15-11(12)13/h2-10H2,1H3. The fourth-order valence-corrected chi connectivity index (χ4v) is 1.26. The van der Waals surface area contributed by atoms with Gasteiger partial charge < -0.3 is 9.57 Å². The Morgan fingerprint density at radius 3 is 2.33 bits per heavy atom. The van der Waals surface area contributed by atoms with Crippen LogP contribution in [0.15, 0.2) is 0 Å². The Morgan fingerprint density at radius 1 is 1.00 bits per heavy atom. The summed E-state index contributed by atoms with van der Waals surface area (Å²) in [4.78, 5) is 13.9. The van der Waals surface area contributed by atoms with Gasteiger partial charge in [-0.05, 0) is 6.42 Å². The monoisotopic (exact) mass is 219 g/mol. The Kier molecular flexibility index (Phi) is 10.6. The fraction of sp³-hybridized carbons (Fsp3) is 1.00.